The van der Waals surface area contributed by atoms with Gasteiger partial charge in [-0.2, -0.15) is 0 Å². The van der Waals surface area contributed by atoms with E-state index in [1.165, 1.54) is 0 Å². The second-order valence-corrected chi connectivity index (χ2v) is 5.27. The van der Waals surface area contributed by atoms with Gasteiger partial charge in [0.15, 0.2) is 5.71 Å². The molecule has 1 aromatic carbocycles. The molecule has 1 amide bonds. The maximum absolute atomic E-state index is 12.1. The van der Waals surface area contributed by atoms with Crippen LogP contribution in [0, 0.1) is 0 Å². The highest BCUT2D eigenvalue weighted by Gasteiger charge is 2.17. The second-order valence-electron chi connectivity index (χ2n) is 5.27. The molecule has 0 saturated carbocycles. The summed E-state index contributed by atoms with van der Waals surface area (Å²) in [6.45, 7) is 8.31. The lowest BCUT2D eigenvalue weighted by atomic mass is 10.1. The van der Waals surface area contributed by atoms with Gasteiger partial charge in [-0.25, -0.2) is 0 Å². The zero-order valence-corrected chi connectivity index (χ0v) is 12.1. The van der Waals surface area contributed by atoms with Crippen molar-refractivity contribution in [1.82, 2.24) is 5.32 Å². The van der Waals surface area contributed by atoms with E-state index in [1.54, 1.807) is 0 Å². The predicted molar refractivity (Wildman–Crippen MR) is 77.1 cm³/mol. The summed E-state index contributed by atoms with van der Waals surface area (Å²) in [5, 5.41) is 6.84. The molecule has 0 fully saturated rings. The Labute approximate surface area is 114 Å². The van der Waals surface area contributed by atoms with Gasteiger partial charge in [-0.15, -0.1) is 0 Å². The number of amides is 1. The number of rotatable bonds is 5. The Bertz CT molecular complexity index is 433. The second kappa shape index (κ2) is 6.92. The smallest absolute Gasteiger partial charge is 0.273 e. The number of carbonyl (C=O) groups is 1. The lowest BCUT2D eigenvalue weighted by Crippen LogP contribution is -2.33. The fourth-order valence-electron chi connectivity index (χ4n) is 1.33. The van der Waals surface area contributed by atoms with Gasteiger partial charge in [-0.1, -0.05) is 42.4 Å². The average Bonchev–Trinajstić information content (AvgIpc) is 2.36. The maximum atomic E-state index is 12.1. The van der Waals surface area contributed by atoms with Gasteiger partial charge in [-0.3, -0.25) is 4.79 Å². The topological polar surface area (TPSA) is 50.7 Å². The molecule has 0 aliphatic rings. The Morgan fingerprint density at radius 1 is 1.26 bits per heavy atom. The summed E-state index contributed by atoms with van der Waals surface area (Å²) in [4.78, 5) is 17.5. The fraction of sp³-hybridized carbons (Fsp3) is 0.467. The van der Waals surface area contributed by atoms with Crippen LogP contribution in [0.3, 0.4) is 0 Å². The van der Waals surface area contributed by atoms with E-state index >= 15 is 0 Å². The molecule has 0 spiro atoms. The third-order valence-corrected chi connectivity index (χ3v) is 2.21. The lowest BCUT2D eigenvalue weighted by molar-refractivity contribution is -0.115. The molecule has 0 heterocycles. The highest BCUT2D eigenvalue weighted by molar-refractivity contribution is 6.45. The Morgan fingerprint density at radius 2 is 1.89 bits per heavy atom. The van der Waals surface area contributed by atoms with Crippen LogP contribution in [0.5, 0.6) is 0 Å². The first kappa shape index (κ1) is 15.2. The number of nitrogens with one attached hydrogen (secondary N) is 1. The zero-order valence-electron chi connectivity index (χ0n) is 12.1. The summed E-state index contributed by atoms with van der Waals surface area (Å²) >= 11 is 0. The Kier molecular flexibility index (Phi) is 5.55. The van der Waals surface area contributed by atoms with Crippen LogP contribution in [0.1, 0.15) is 39.7 Å². The third-order valence-electron chi connectivity index (χ3n) is 2.21. The van der Waals surface area contributed by atoms with Gasteiger partial charge < -0.3 is 10.2 Å². The summed E-state index contributed by atoms with van der Waals surface area (Å²) in [5.41, 5.74) is 0.634. The van der Waals surface area contributed by atoms with E-state index in [0.717, 1.165) is 12.0 Å². The zero-order chi connectivity index (χ0) is 14.3. The Hall–Kier alpha value is -1.84. The first-order valence-corrected chi connectivity index (χ1v) is 6.54. The minimum atomic E-state index is -0.426. The van der Waals surface area contributed by atoms with Gasteiger partial charge in [-0.05, 0) is 27.2 Å². The molecule has 0 aliphatic heterocycles. The molecule has 0 radical (unpaired) electrons. The van der Waals surface area contributed by atoms with Crippen molar-refractivity contribution in [2.24, 2.45) is 5.16 Å². The van der Waals surface area contributed by atoms with E-state index in [-0.39, 0.29) is 5.91 Å². The first-order valence-electron chi connectivity index (χ1n) is 6.54. The number of nitrogens with zero attached hydrogens (tertiary/aromatic N) is 1. The highest BCUT2D eigenvalue weighted by Crippen LogP contribution is 2.09. The number of hydrogen-bond acceptors (Lipinski definition) is 3. The van der Waals surface area contributed by atoms with E-state index in [0.29, 0.717) is 12.3 Å². The van der Waals surface area contributed by atoms with Gasteiger partial charge in [0.05, 0.1) is 0 Å². The van der Waals surface area contributed by atoms with Crippen molar-refractivity contribution < 1.29 is 9.63 Å². The number of carbonyl (C=O) groups excluding carboxylic acids is 1. The van der Waals surface area contributed by atoms with Crippen LogP contribution in [0.25, 0.3) is 0 Å². The maximum Gasteiger partial charge on any atom is 0.273 e. The Balaban J connectivity index is 2.95. The molecule has 1 N–H and O–H groups in total. The van der Waals surface area contributed by atoms with Crippen molar-refractivity contribution in [2.45, 2.75) is 39.7 Å². The van der Waals surface area contributed by atoms with Crippen molar-refractivity contribution in [3.63, 3.8) is 0 Å². The SMILES string of the molecule is CCCNC(=O)/C(=N/OC(C)(C)C)c1ccccc1. The molecule has 1 rings (SSSR count). The largest absolute Gasteiger partial charge is 0.389 e. The summed E-state index contributed by atoms with van der Waals surface area (Å²) in [5.74, 6) is -0.211. The molecule has 1 aromatic rings. The van der Waals surface area contributed by atoms with Crippen LogP contribution < -0.4 is 5.32 Å². The fourth-order valence-corrected chi connectivity index (χ4v) is 1.33. The van der Waals surface area contributed by atoms with Crippen molar-refractivity contribution in [3.05, 3.63) is 35.9 Å². The van der Waals surface area contributed by atoms with Crippen LogP contribution in [0.2, 0.25) is 0 Å². The van der Waals surface area contributed by atoms with Gasteiger partial charge in [0, 0.05) is 12.1 Å². The van der Waals surface area contributed by atoms with Crippen LogP contribution in [-0.2, 0) is 9.63 Å². The molecular formula is C15H22N2O2. The van der Waals surface area contributed by atoms with Gasteiger partial charge in [0.1, 0.15) is 5.60 Å². The van der Waals surface area contributed by atoms with Crippen molar-refractivity contribution in [2.75, 3.05) is 6.54 Å². The molecule has 4 heteroatoms. The summed E-state index contributed by atoms with van der Waals surface area (Å²) < 4.78 is 0. The van der Waals surface area contributed by atoms with E-state index in [2.05, 4.69) is 10.5 Å². The van der Waals surface area contributed by atoms with Crippen LogP contribution in [0.4, 0.5) is 0 Å². The van der Waals surface area contributed by atoms with E-state index < -0.39 is 5.60 Å². The highest BCUT2D eigenvalue weighted by atomic mass is 16.6. The number of oxime groups is 1. The molecule has 0 atom stereocenters. The van der Waals surface area contributed by atoms with Crippen molar-refractivity contribution in [3.8, 4) is 0 Å². The lowest BCUT2D eigenvalue weighted by Gasteiger charge is -2.17. The molecule has 0 bridgehead atoms. The van der Waals surface area contributed by atoms with Crippen LogP contribution >= 0.6 is 0 Å². The molecular weight excluding hydrogens is 240 g/mol. The molecule has 0 saturated heterocycles. The van der Waals surface area contributed by atoms with Crippen LogP contribution in [-0.4, -0.2) is 23.8 Å². The molecule has 0 aliphatic carbocycles. The van der Waals surface area contributed by atoms with Crippen LogP contribution in [0.15, 0.2) is 35.5 Å². The standard InChI is InChI=1S/C15H22N2O2/c1-5-11-16-14(18)13(17-19-15(2,3)4)12-9-7-6-8-10-12/h6-10H,5,11H2,1-4H3,(H,16,18)/b17-13+. The summed E-state index contributed by atoms with van der Waals surface area (Å²) in [6, 6.07) is 9.33. The minimum absolute atomic E-state index is 0.211. The molecule has 4 nitrogen and oxygen atoms in total. The number of benzene rings is 1. The first-order chi connectivity index (χ1) is 8.94. The van der Waals surface area contributed by atoms with E-state index in [9.17, 15) is 4.79 Å². The van der Waals surface area contributed by atoms with Crippen molar-refractivity contribution in [1.29, 1.82) is 0 Å². The summed E-state index contributed by atoms with van der Waals surface area (Å²) in [7, 11) is 0. The van der Waals surface area contributed by atoms with Gasteiger partial charge in [0.2, 0.25) is 0 Å². The Morgan fingerprint density at radius 3 is 2.42 bits per heavy atom. The summed E-state index contributed by atoms with van der Waals surface area (Å²) in [6.07, 6.45) is 0.883. The average molecular weight is 262 g/mol. The normalized spacial score (nSPS) is 12.1. The monoisotopic (exact) mass is 262 g/mol. The quantitative estimate of drug-likeness (QED) is 0.655. The van der Waals surface area contributed by atoms with Gasteiger partial charge >= 0.3 is 0 Å². The van der Waals surface area contributed by atoms with Crippen molar-refractivity contribution >= 4 is 11.6 Å². The van der Waals surface area contributed by atoms with E-state index in [1.807, 2.05) is 58.0 Å². The van der Waals surface area contributed by atoms with Gasteiger partial charge in [0.25, 0.3) is 5.91 Å². The predicted octanol–water partition coefficient (Wildman–Crippen LogP) is 2.73. The molecule has 0 unspecified atom stereocenters. The third kappa shape index (κ3) is 5.55. The molecule has 0 aromatic heterocycles. The number of hydrogen-bond donors (Lipinski definition) is 1. The molecule has 19 heavy (non-hydrogen) atoms. The molecule has 104 valence electrons. The minimum Gasteiger partial charge on any atom is -0.389 e. The van der Waals surface area contributed by atoms with E-state index in [4.69, 9.17) is 4.84 Å².